The molecule has 0 aliphatic rings. The molecule has 1 unspecified atom stereocenters. The number of rotatable bonds is 6. The number of hydrogen-bond donors (Lipinski definition) is 2. The summed E-state index contributed by atoms with van der Waals surface area (Å²) in [4.78, 5) is -0.961. The molecule has 0 fully saturated rings. The maximum atomic E-state index is 13.5. The summed E-state index contributed by atoms with van der Waals surface area (Å²) >= 11 is 0. The second-order valence-electron chi connectivity index (χ2n) is 4.73. The molecule has 116 valence electrons. The largest absolute Gasteiger partial charge is 0.329 e. The molecule has 0 heterocycles. The van der Waals surface area contributed by atoms with Gasteiger partial charge in [-0.3, -0.25) is 0 Å². The molecule has 8 heteroatoms. The summed E-state index contributed by atoms with van der Waals surface area (Å²) < 4.78 is 53.1. The third-order valence-corrected chi connectivity index (χ3v) is 4.12. The third-order valence-electron chi connectivity index (χ3n) is 2.55. The van der Waals surface area contributed by atoms with Gasteiger partial charge in [-0.1, -0.05) is 19.9 Å². The highest BCUT2D eigenvalue weighted by Crippen LogP contribution is 2.19. The minimum atomic E-state index is -4.26. The maximum Gasteiger partial charge on any atom is 0.246 e. The van der Waals surface area contributed by atoms with Crippen molar-refractivity contribution in [1.82, 2.24) is 4.72 Å². The Labute approximate surface area is 124 Å². The van der Waals surface area contributed by atoms with E-state index in [1.807, 2.05) is 13.8 Å². The van der Waals surface area contributed by atoms with Gasteiger partial charge in [-0.2, -0.15) is 0 Å². The predicted octanol–water partition coefficient (Wildman–Crippen LogP) is 2.04. The minimum Gasteiger partial charge on any atom is -0.329 e. The lowest BCUT2D eigenvalue weighted by molar-refractivity contribution is 0.458. The SMILES string of the molecule is CC(C)CC(CN)NS(=O)(=O)c1c(F)cccc1F.Cl. The van der Waals surface area contributed by atoms with Crippen molar-refractivity contribution in [2.24, 2.45) is 11.7 Å². The van der Waals surface area contributed by atoms with Gasteiger partial charge in [-0.15, -0.1) is 12.4 Å². The van der Waals surface area contributed by atoms with E-state index in [-0.39, 0.29) is 24.9 Å². The van der Waals surface area contributed by atoms with Gasteiger partial charge in [-0.25, -0.2) is 21.9 Å². The molecule has 0 bridgehead atoms. The van der Waals surface area contributed by atoms with Gasteiger partial charge < -0.3 is 5.73 Å². The normalized spacial score (nSPS) is 13.1. The summed E-state index contributed by atoms with van der Waals surface area (Å²) in [5, 5.41) is 0. The van der Waals surface area contributed by atoms with Crippen molar-refractivity contribution >= 4 is 22.4 Å². The molecule has 3 N–H and O–H groups in total. The van der Waals surface area contributed by atoms with Crippen molar-refractivity contribution in [3.63, 3.8) is 0 Å². The average Bonchev–Trinajstić information content (AvgIpc) is 2.26. The van der Waals surface area contributed by atoms with E-state index in [0.29, 0.717) is 6.42 Å². The Kier molecular flexibility index (Phi) is 7.57. The van der Waals surface area contributed by atoms with Crippen LogP contribution in [0.1, 0.15) is 20.3 Å². The summed E-state index contributed by atoms with van der Waals surface area (Å²) in [5.74, 6) is -2.03. The van der Waals surface area contributed by atoms with Crippen LogP contribution >= 0.6 is 12.4 Å². The number of nitrogens with two attached hydrogens (primary N) is 1. The monoisotopic (exact) mass is 328 g/mol. The summed E-state index contributed by atoms with van der Waals surface area (Å²) in [7, 11) is -4.26. The first kappa shape index (κ1) is 19.2. The number of hydrogen-bond acceptors (Lipinski definition) is 3. The van der Waals surface area contributed by atoms with E-state index in [2.05, 4.69) is 4.72 Å². The molecule has 4 nitrogen and oxygen atoms in total. The standard InChI is InChI=1S/C12H18F2N2O2S.ClH/c1-8(2)6-9(7-15)16-19(17,18)12-10(13)4-3-5-11(12)14;/h3-5,8-9,16H,6-7,15H2,1-2H3;1H. The Balaban J connectivity index is 0.00000361. The Morgan fingerprint density at radius 2 is 1.75 bits per heavy atom. The van der Waals surface area contributed by atoms with Crippen molar-refractivity contribution in [3.05, 3.63) is 29.8 Å². The molecule has 0 aromatic heterocycles. The van der Waals surface area contributed by atoms with Gasteiger partial charge in [0.05, 0.1) is 0 Å². The first-order chi connectivity index (χ1) is 8.77. The first-order valence-corrected chi connectivity index (χ1v) is 7.42. The number of halogens is 3. The van der Waals surface area contributed by atoms with E-state index < -0.39 is 32.6 Å². The first-order valence-electron chi connectivity index (χ1n) is 5.94. The molecule has 1 atom stereocenters. The van der Waals surface area contributed by atoms with Crippen LogP contribution in [0.5, 0.6) is 0 Å². The summed E-state index contributed by atoms with van der Waals surface area (Å²) in [6, 6.07) is 2.36. The quantitative estimate of drug-likeness (QED) is 0.839. The van der Waals surface area contributed by atoms with E-state index in [4.69, 9.17) is 5.73 Å². The van der Waals surface area contributed by atoms with Crippen LogP contribution in [0.25, 0.3) is 0 Å². The highest BCUT2D eigenvalue weighted by molar-refractivity contribution is 7.89. The summed E-state index contributed by atoms with van der Waals surface area (Å²) in [6.07, 6.45) is 0.492. The van der Waals surface area contributed by atoms with Crippen molar-refractivity contribution < 1.29 is 17.2 Å². The Bertz CT molecular complexity index is 518. The van der Waals surface area contributed by atoms with Crippen LogP contribution in [0.3, 0.4) is 0 Å². The highest BCUT2D eigenvalue weighted by Gasteiger charge is 2.26. The fourth-order valence-electron chi connectivity index (χ4n) is 1.78. The zero-order chi connectivity index (χ0) is 14.6. The van der Waals surface area contributed by atoms with Crippen LogP contribution in [0.15, 0.2) is 23.1 Å². The van der Waals surface area contributed by atoms with Gasteiger partial charge in [-0.05, 0) is 24.5 Å². The molecular weight excluding hydrogens is 310 g/mol. The Morgan fingerprint density at radius 1 is 1.25 bits per heavy atom. The van der Waals surface area contributed by atoms with Gasteiger partial charge in [0.25, 0.3) is 0 Å². The summed E-state index contributed by atoms with van der Waals surface area (Å²) in [6.45, 7) is 3.87. The molecule has 0 aliphatic heterocycles. The summed E-state index contributed by atoms with van der Waals surface area (Å²) in [5.41, 5.74) is 5.47. The number of nitrogens with one attached hydrogen (secondary N) is 1. The molecular formula is C12H19ClF2N2O2S. The average molecular weight is 329 g/mol. The molecule has 0 radical (unpaired) electrons. The zero-order valence-electron chi connectivity index (χ0n) is 11.3. The maximum absolute atomic E-state index is 13.5. The van der Waals surface area contributed by atoms with Crippen molar-refractivity contribution in [1.29, 1.82) is 0 Å². The van der Waals surface area contributed by atoms with Crippen LogP contribution in [-0.4, -0.2) is 21.0 Å². The molecule has 0 saturated carbocycles. The van der Waals surface area contributed by atoms with Gasteiger partial charge in [0, 0.05) is 12.6 Å². The molecule has 20 heavy (non-hydrogen) atoms. The molecule has 0 amide bonds. The van der Waals surface area contributed by atoms with E-state index in [1.165, 1.54) is 0 Å². The Morgan fingerprint density at radius 3 is 2.15 bits per heavy atom. The van der Waals surface area contributed by atoms with E-state index in [0.717, 1.165) is 18.2 Å². The number of benzene rings is 1. The molecule has 0 saturated heterocycles. The van der Waals surface area contributed by atoms with Crippen LogP contribution in [-0.2, 0) is 10.0 Å². The molecule has 1 rings (SSSR count). The van der Waals surface area contributed by atoms with Gasteiger partial charge in [0.1, 0.15) is 11.6 Å². The smallest absolute Gasteiger partial charge is 0.246 e. The topological polar surface area (TPSA) is 72.2 Å². The molecule has 1 aromatic carbocycles. The van der Waals surface area contributed by atoms with E-state index in [1.54, 1.807) is 0 Å². The second-order valence-corrected chi connectivity index (χ2v) is 6.39. The lowest BCUT2D eigenvalue weighted by Gasteiger charge is -2.19. The fraction of sp³-hybridized carbons (Fsp3) is 0.500. The van der Waals surface area contributed by atoms with Crippen LogP contribution < -0.4 is 10.5 Å². The molecule has 0 spiro atoms. The molecule has 0 aliphatic carbocycles. The predicted molar refractivity (Wildman–Crippen MR) is 76.2 cm³/mol. The lowest BCUT2D eigenvalue weighted by Crippen LogP contribution is -2.41. The van der Waals surface area contributed by atoms with Crippen molar-refractivity contribution in [2.75, 3.05) is 6.54 Å². The second kappa shape index (κ2) is 7.87. The lowest BCUT2D eigenvalue weighted by atomic mass is 10.1. The zero-order valence-corrected chi connectivity index (χ0v) is 12.9. The molecule has 1 aromatic rings. The van der Waals surface area contributed by atoms with Crippen LogP contribution in [0.2, 0.25) is 0 Å². The number of sulfonamides is 1. The van der Waals surface area contributed by atoms with E-state index in [9.17, 15) is 17.2 Å². The highest BCUT2D eigenvalue weighted by atomic mass is 35.5. The van der Waals surface area contributed by atoms with Crippen LogP contribution in [0.4, 0.5) is 8.78 Å². The van der Waals surface area contributed by atoms with Crippen molar-refractivity contribution in [2.45, 2.75) is 31.2 Å². The van der Waals surface area contributed by atoms with Gasteiger partial charge in [0.2, 0.25) is 10.0 Å². The minimum absolute atomic E-state index is 0. The van der Waals surface area contributed by atoms with Crippen LogP contribution in [0, 0.1) is 17.6 Å². The van der Waals surface area contributed by atoms with E-state index >= 15 is 0 Å². The fourth-order valence-corrected chi connectivity index (χ4v) is 3.18. The van der Waals surface area contributed by atoms with Gasteiger partial charge >= 0.3 is 0 Å². The van der Waals surface area contributed by atoms with Crippen molar-refractivity contribution in [3.8, 4) is 0 Å². The van der Waals surface area contributed by atoms with Gasteiger partial charge in [0.15, 0.2) is 4.90 Å². The third kappa shape index (κ3) is 4.97. The Hall–Kier alpha value is -0.760.